The van der Waals surface area contributed by atoms with Gasteiger partial charge in [-0.3, -0.25) is 0 Å². The van der Waals surface area contributed by atoms with Crippen molar-refractivity contribution in [3.05, 3.63) is 30.1 Å². The zero-order chi connectivity index (χ0) is 9.42. The first-order valence-corrected chi connectivity index (χ1v) is 4.18. The number of aromatic nitrogens is 3. The molecule has 0 aliphatic carbocycles. The Kier molecular flexibility index (Phi) is 1.76. The lowest BCUT2D eigenvalue weighted by Gasteiger charge is -2.02. The van der Waals surface area contributed by atoms with E-state index in [9.17, 15) is 4.39 Å². The van der Waals surface area contributed by atoms with Gasteiger partial charge in [-0.1, -0.05) is 13.8 Å². The lowest BCUT2D eigenvalue weighted by molar-refractivity contribution is 0.537. The highest BCUT2D eigenvalue weighted by Crippen LogP contribution is 2.10. The quantitative estimate of drug-likeness (QED) is 0.670. The van der Waals surface area contributed by atoms with Crippen LogP contribution in [-0.2, 0) is 0 Å². The minimum Gasteiger partial charge on any atom is -0.237 e. The van der Waals surface area contributed by atoms with E-state index in [4.69, 9.17) is 0 Å². The molecule has 0 spiro atoms. The van der Waals surface area contributed by atoms with Crippen molar-refractivity contribution in [1.82, 2.24) is 14.6 Å². The van der Waals surface area contributed by atoms with Gasteiger partial charge in [0.2, 0.25) is 5.95 Å². The standard InChI is InChI=1S/C9H10FN3/c1-6(2)9-11-5-7-3-4-8(10)13(7)12-9/h3-6H,1-2H3. The van der Waals surface area contributed by atoms with Crippen molar-refractivity contribution >= 4 is 5.52 Å². The summed E-state index contributed by atoms with van der Waals surface area (Å²) in [6.07, 6.45) is 1.63. The summed E-state index contributed by atoms with van der Waals surface area (Å²) >= 11 is 0. The van der Waals surface area contributed by atoms with Crippen LogP contribution in [0, 0.1) is 5.95 Å². The van der Waals surface area contributed by atoms with Crippen LogP contribution >= 0.6 is 0 Å². The lowest BCUT2D eigenvalue weighted by Crippen LogP contribution is -2.03. The van der Waals surface area contributed by atoms with Crippen molar-refractivity contribution in [2.45, 2.75) is 19.8 Å². The average molecular weight is 179 g/mol. The van der Waals surface area contributed by atoms with Gasteiger partial charge in [-0.2, -0.15) is 4.39 Å². The molecule has 0 fully saturated rings. The molecule has 0 bridgehead atoms. The van der Waals surface area contributed by atoms with Gasteiger partial charge in [0.25, 0.3) is 0 Å². The Morgan fingerprint density at radius 1 is 1.38 bits per heavy atom. The topological polar surface area (TPSA) is 30.2 Å². The molecule has 0 aliphatic heterocycles. The van der Waals surface area contributed by atoms with Crippen LogP contribution in [0.15, 0.2) is 18.3 Å². The largest absolute Gasteiger partial charge is 0.237 e. The molecule has 2 aromatic heterocycles. The lowest BCUT2D eigenvalue weighted by atomic mass is 10.2. The highest BCUT2D eigenvalue weighted by Gasteiger charge is 2.06. The SMILES string of the molecule is CC(C)c1ncc2ccc(F)n2n1. The van der Waals surface area contributed by atoms with Gasteiger partial charge in [-0.15, -0.1) is 5.10 Å². The van der Waals surface area contributed by atoms with E-state index in [1.165, 1.54) is 10.6 Å². The summed E-state index contributed by atoms with van der Waals surface area (Å²) < 4.78 is 14.3. The van der Waals surface area contributed by atoms with Crippen LogP contribution < -0.4 is 0 Å². The third-order valence-corrected chi connectivity index (χ3v) is 1.89. The van der Waals surface area contributed by atoms with Gasteiger partial charge in [0.05, 0.1) is 11.7 Å². The highest BCUT2D eigenvalue weighted by molar-refractivity contribution is 5.43. The van der Waals surface area contributed by atoms with Gasteiger partial charge in [0.15, 0.2) is 5.82 Å². The fourth-order valence-corrected chi connectivity index (χ4v) is 1.15. The van der Waals surface area contributed by atoms with Crippen LogP contribution in [0.5, 0.6) is 0 Å². The fourth-order valence-electron chi connectivity index (χ4n) is 1.15. The second-order valence-electron chi connectivity index (χ2n) is 3.26. The van der Waals surface area contributed by atoms with E-state index in [0.29, 0.717) is 11.3 Å². The maximum Gasteiger partial charge on any atom is 0.214 e. The third kappa shape index (κ3) is 1.28. The van der Waals surface area contributed by atoms with Crippen LogP contribution in [0.25, 0.3) is 5.52 Å². The molecule has 0 aromatic carbocycles. The average Bonchev–Trinajstić information content (AvgIpc) is 2.47. The summed E-state index contributed by atoms with van der Waals surface area (Å²) in [5.41, 5.74) is 0.682. The second-order valence-corrected chi connectivity index (χ2v) is 3.26. The number of fused-ring (bicyclic) bond motifs is 1. The number of halogens is 1. The van der Waals surface area contributed by atoms with E-state index in [-0.39, 0.29) is 11.9 Å². The molecule has 68 valence electrons. The van der Waals surface area contributed by atoms with Crippen molar-refractivity contribution in [1.29, 1.82) is 0 Å². The molecule has 2 aromatic rings. The summed E-state index contributed by atoms with van der Waals surface area (Å²) in [5, 5.41) is 4.06. The summed E-state index contributed by atoms with van der Waals surface area (Å²) in [5.74, 6) is 0.521. The summed E-state index contributed by atoms with van der Waals surface area (Å²) in [6.45, 7) is 3.95. The van der Waals surface area contributed by atoms with E-state index in [1.807, 2.05) is 13.8 Å². The summed E-state index contributed by atoms with van der Waals surface area (Å²) in [4.78, 5) is 4.12. The molecule has 0 atom stereocenters. The molecule has 0 radical (unpaired) electrons. The molecular formula is C9H10FN3. The van der Waals surface area contributed by atoms with E-state index >= 15 is 0 Å². The predicted octanol–water partition coefficient (Wildman–Crippen LogP) is 1.99. The van der Waals surface area contributed by atoms with Crippen molar-refractivity contribution < 1.29 is 4.39 Å². The Morgan fingerprint density at radius 3 is 2.85 bits per heavy atom. The van der Waals surface area contributed by atoms with Gasteiger partial charge in [0.1, 0.15) is 0 Å². The molecule has 0 saturated carbocycles. The van der Waals surface area contributed by atoms with E-state index < -0.39 is 0 Å². The molecule has 0 amide bonds. The number of rotatable bonds is 1. The first-order chi connectivity index (χ1) is 6.18. The molecule has 0 aliphatic rings. The summed E-state index contributed by atoms with van der Waals surface area (Å²) in [6, 6.07) is 3.04. The highest BCUT2D eigenvalue weighted by atomic mass is 19.1. The molecule has 0 saturated heterocycles. The minimum atomic E-state index is -0.348. The van der Waals surface area contributed by atoms with Crippen LogP contribution in [0.1, 0.15) is 25.6 Å². The Morgan fingerprint density at radius 2 is 2.15 bits per heavy atom. The number of hydrogen-bond donors (Lipinski definition) is 0. The Bertz CT molecular complexity index is 433. The van der Waals surface area contributed by atoms with Crippen LogP contribution in [0.3, 0.4) is 0 Å². The minimum absolute atomic E-state index is 0.214. The number of nitrogens with zero attached hydrogens (tertiary/aromatic N) is 3. The molecule has 0 N–H and O–H groups in total. The van der Waals surface area contributed by atoms with Gasteiger partial charge < -0.3 is 0 Å². The first-order valence-electron chi connectivity index (χ1n) is 4.18. The zero-order valence-corrected chi connectivity index (χ0v) is 7.53. The Hall–Kier alpha value is -1.45. The third-order valence-electron chi connectivity index (χ3n) is 1.89. The maximum absolute atomic E-state index is 13.1. The maximum atomic E-state index is 13.1. The number of hydrogen-bond acceptors (Lipinski definition) is 2. The Labute approximate surface area is 75.2 Å². The Balaban J connectivity index is 2.66. The van der Waals surface area contributed by atoms with Crippen LogP contribution in [0.2, 0.25) is 0 Å². The van der Waals surface area contributed by atoms with Gasteiger partial charge in [-0.25, -0.2) is 9.50 Å². The molecule has 2 rings (SSSR count). The smallest absolute Gasteiger partial charge is 0.214 e. The van der Waals surface area contributed by atoms with Gasteiger partial charge >= 0.3 is 0 Å². The molecule has 3 nitrogen and oxygen atoms in total. The van der Waals surface area contributed by atoms with Crippen molar-refractivity contribution in [3.8, 4) is 0 Å². The van der Waals surface area contributed by atoms with Crippen LogP contribution in [0.4, 0.5) is 4.39 Å². The zero-order valence-electron chi connectivity index (χ0n) is 7.53. The van der Waals surface area contributed by atoms with E-state index in [2.05, 4.69) is 10.1 Å². The second kappa shape index (κ2) is 2.80. The normalized spacial score (nSPS) is 11.4. The van der Waals surface area contributed by atoms with Crippen molar-refractivity contribution in [3.63, 3.8) is 0 Å². The van der Waals surface area contributed by atoms with Crippen molar-refractivity contribution in [2.24, 2.45) is 0 Å². The molecule has 2 heterocycles. The van der Waals surface area contributed by atoms with Crippen LogP contribution in [-0.4, -0.2) is 14.6 Å². The van der Waals surface area contributed by atoms with Crippen molar-refractivity contribution in [2.75, 3.05) is 0 Å². The molecule has 0 unspecified atom stereocenters. The van der Waals surface area contributed by atoms with Gasteiger partial charge in [-0.05, 0) is 12.1 Å². The monoisotopic (exact) mass is 179 g/mol. The molecule has 13 heavy (non-hydrogen) atoms. The molecular weight excluding hydrogens is 169 g/mol. The van der Waals surface area contributed by atoms with E-state index in [0.717, 1.165) is 0 Å². The fraction of sp³-hybridized carbons (Fsp3) is 0.333. The van der Waals surface area contributed by atoms with Gasteiger partial charge in [0, 0.05) is 5.92 Å². The first kappa shape index (κ1) is 8.16. The van der Waals surface area contributed by atoms with E-state index in [1.54, 1.807) is 12.3 Å². The molecule has 4 heteroatoms. The summed E-state index contributed by atoms with van der Waals surface area (Å²) in [7, 11) is 0. The predicted molar refractivity (Wildman–Crippen MR) is 47.0 cm³/mol.